The minimum absolute atomic E-state index is 0. The summed E-state index contributed by atoms with van der Waals surface area (Å²) in [6.45, 7) is 8.22. The number of amides is 1. The largest absolute Gasteiger partial charge is 0.352 e. The number of halogens is 1. The molecule has 7 nitrogen and oxygen atoms in total. The maximum atomic E-state index is 11.9. The lowest BCUT2D eigenvalue weighted by atomic mass is 10.2. The molecule has 1 saturated heterocycles. The number of nitrogens with one attached hydrogen (secondary N) is 2. The number of carbonyl (C=O) groups excluding carboxylic acids is 1. The summed E-state index contributed by atoms with van der Waals surface area (Å²) < 4.78 is 1.98. The molecule has 8 heteroatoms. The Morgan fingerprint density at radius 1 is 1.28 bits per heavy atom. The number of hydrogen-bond acceptors (Lipinski definition) is 3. The molecule has 1 aliphatic heterocycles. The predicted octanol–water partition coefficient (Wildman–Crippen LogP) is 2.78. The van der Waals surface area contributed by atoms with Gasteiger partial charge in [0, 0.05) is 50.4 Å². The van der Waals surface area contributed by atoms with Crippen molar-refractivity contribution in [2.24, 2.45) is 4.99 Å². The van der Waals surface area contributed by atoms with E-state index in [-0.39, 0.29) is 35.9 Å². The molecule has 1 amide bonds. The molecule has 2 aromatic rings. The van der Waals surface area contributed by atoms with Gasteiger partial charge in [-0.3, -0.25) is 9.79 Å². The lowest BCUT2D eigenvalue weighted by Gasteiger charge is -2.19. The van der Waals surface area contributed by atoms with Gasteiger partial charge in [-0.05, 0) is 32.4 Å². The molecular weight excluding hydrogens is 479 g/mol. The van der Waals surface area contributed by atoms with Gasteiger partial charge in [-0.1, -0.05) is 25.1 Å². The molecule has 1 aromatic heterocycles. The van der Waals surface area contributed by atoms with Crippen LogP contribution in [0.2, 0.25) is 0 Å². The average Bonchev–Trinajstić information content (AvgIpc) is 3.30. The van der Waals surface area contributed by atoms with Gasteiger partial charge in [0.2, 0.25) is 5.91 Å². The summed E-state index contributed by atoms with van der Waals surface area (Å²) in [4.78, 5) is 18.1. The van der Waals surface area contributed by atoms with Crippen LogP contribution in [0, 0.1) is 13.8 Å². The van der Waals surface area contributed by atoms with Gasteiger partial charge in [0.1, 0.15) is 0 Å². The van der Waals surface area contributed by atoms with E-state index in [1.54, 1.807) is 7.05 Å². The van der Waals surface area contributed by atoms with Crippen molar-refractivity contribution in [3.8, 4) is 5.69 Å². The van der Waals surface area contributed by atoms with Crippen LogP contribution in [-0.4, -0.2) is 52.7 Å². The Balaban J connectivity index is 0.00000300. The highest BCUT2D eigenvalue weighted by molar-refractivity contribution is 14.0. The first-order valence-electron chi connectivity index (χ1n) is 9.89. The maximum Gasteiger partial charge on any atom is 0.222 e. The van der Waals surface area contributed by atoms with Gasteiger partial charge in [-0.25, -0.2) is 4.68 Å². The lowest BCUT2D eigenvalue weighted by Crippen LogP contribution is -2.44. The fraction of sp³-hybridized carbons (Fsp3) is 0.476. The molecule has 1 unspecified atom stereocenters. The van der Waals surface area contributed by atoms with Crippen LogP contribution in [0.5, 0.6) is 0 Å². The first-order chi connectivity index (χ1) is 13.5. The van der Waals surface area contributed by atoms with Gasteiger partial charge in [-0.15, -0.1) is 24.0 Å². The number of benzene rings is 1. The molecule has 0 spiro atoms. The molecule has 3 rings (SSSR count). The third-order valence-corrected chi connectivity index (χ3v) is 5.28. The molecule has 1 atom stereocenters. The van der Waals surface area contributed by atoms with Crippen LogP contribution in [0.25, 0.3) is 5.69 Å². The van der Waals surface area contributed by atoms with Crippen LogP contribution in [-0.2, 0) is 11.3 Å². The SMILES string of the molecule is CCC(=O)N1CCC(NC(=NC)NCc2c(C)nn(-c3ccccc3)c2C)C1.I. The quantitative estimate of drug-likeness (QED) is 0.369. The highest BCUT2D eigenvalue weighted by Gasteiger charge is 2.25. The van der Waals surface area contributed by atoms with E-state index < -0.39 is 0 Å². The second kappa shape index (κ2) is 10.6. The van der Waals surface area contributed by atoms with Crippen molar-refractivity contribution < 1.29 is 4.79 Å². The third kappa shape index (κ3) is 5.49. The van der Waals surface area contributed by atoms with E-state index in [1.165, 1.54) is 5.56 Å². The Kier molecular flexibility index (Phi) is 8.48. The monoisotopic (exact) mass is 510 g/mol. The zero-order chi connectivity index (χ0) is 20.1. The molecule has 1 aliphatic rings. The smallest absolute Gasteiger partial charge is 0.222 e. The van der Waals surface area contributed by atoms with E-state index in [0.717, 1.165) is 42.5 Å². The normalized spacial score (nSPS) is 16.5. The Bertz CT molecular complexity index is 848. The number of nitrogens with zero attached hydrogens (tertiary/aromatic N) is 4. The summed E-state index contributed by atoms with van der Waals surface area (Å²) >= 11 is 0. The summed E-state index contributed by atoms with van der Waals surface area (Å²) in [7, 11) is 1.77. The summed E-state index contributed by atoms with van der Waals surface area (Å²) in [5.41, 5.74) is 4.35. The van der Waals surface area contributed by atoms with Crippen molar-refractivity contribution in [1.29, 1.82) is 0 Å². The number of aryl methyl sites for hydroxylation is 1. The molecular formula is C21H31IN6O. The van der Waals surface area contributed by atoms with E-state index >= 15 is 0 Å². The van der Waals surface area contributed by atoms with Crippen LogP contribution in [0.15, 0.2) is 35.3 Å². The Morgan fingerprint density at radius 2 is 2.00 bits per heavy atom. The summed E-state index contributed by atoms with van der Waals surface area (Å²) in [5.74, 6) is 0.967. The first kappa shape index (κ1) is 23.2. The van der Waals surface area contributed by atoms with Gasteiger partial charge >= 0.3 is 0 Å². The molecule has 0 bridgehead atoms. The molecule has 2 heterocycles. The van der Waals surface area contributed by atoms with Gasteiger partial charge in [0.05, 0.1) is 11.4 Å². The van der Waals surface area contributed by atoms with Crippen molar-refractivity contribution in [3.05, 3.63) is 47.3 Å². The van der Waals surface area contributed by atoms with Crippen LogP contribution in [0.3, 0.4) is 0 Å². The van der Waals surface area contributed by atoms with E-state index in [0.29, 0.717) is 13.0 Å². The number of carbonyl (C=O) groups is 1. The lowest BCUT2D eigenvalue weighted by molar-refractivity contribution is -0.129. The number of rotatable bonds is 5. The molecule has 0 saturated carbocycles. The number of hydrogen-bond donors (Lipinski definition) is 2. The van der Waals surface area contributed by atoms with E-state index in [4.69, 9.17) is 5.10 Å². The summed E-state index contributed by atoms with van der Waals surface area (Å²) in [6, 6.07) is 10.4. The standard InChI is InChI=1S/C21H30N6O.HI/c1-5-20(28)26-12-11-17(14-26)24-21(22-4)23-13-19-15(2)25-27(16(19)3)18-9-7-6-8-10-18;/h6-10,17H,5,11-14H2,1-4H3,(H2,22,23,24);1H. The van der Waals surface area contributed by atoms with E-state index in [9.17, 15) is 4.79 Å². The first-order valence-corrected chi connectivity index (χ1v) is 9.89. The Hall–Kier alpha value is -2.10. The fourth-order valence-electron chi connectivity index (χ4n) is 3.64. The second-order valence-electron chi connectivity index (χ2n) is 7.15. The zero-order valence-corrected chi connectivity index (χ0v) is 19.9. The number of likely N-dealkylation sites (tertiary alicyclic amines) is 1. The van der Waals surface area contributed by atoms with Crippen molar-refractivity contribution in [1.82, 2.24) is 25.3 Å². The topological polar surface area (TPSA) is 74.6 Å². The fourth-order valence-corrected chi connectivity index (χ4v) is 3.64. The number of aromatic nitrogens is 2. The van der Waals surface area contributed by atoms with Crippen LogP contribution in [0.4, 0.5) is 0 Å². The Labute approximate surface area is 190 Å². The maximum absolute atomic E-state index is 11.9. The highest BCUT2D eigenvalue weighted by Crippen LogP contribution is 2.17. The molecule has 1 aromatic carbocycles. The van der Waals surface area contributed by atoms with Gasteiger partial charge in [0.25, 0.3) is 0 Å². The van der Waals surface area contributed by atoms with E-state index in [2.05, 4.69) is 34.7 Å². The van der Waals surface area contributed by atoms with Gasteiger partial charge < -0.3 is 15.5 Å². The molecule has 158 valence electrons. The van der Waals surface area contributed by atoms with Gasteiger partial charge in [0.15, 0.2) is 5.96 Å². The zero-order valence-electron chi connectivity index (χ0n) is 17.6. The highest BCUT2D eigenvalue weighted by atomic mass is 127. The molecule has 0 aliphatic carbocycles. The predicted molar refractivity (Wildman–Crippen MR) is 127 cm³/mol. The summed E-state index contributed by atoms with van der Waals surface area (Å²) in [5, 5.41) is 11.5. The minimum atomic E-state index is 0. The van der Waals surface area contributed by atoms with Crippen molar-refractivity contribution in [2.45, 2.75) is 46.2 Å². The van der Waals surface area contributed by atoms with Gasteiger partial charge in [-0.2, -0.15) is 5.10 Å². The molecule has 0 radical (unpaired) electrons. The number of aliphatic imine (C=N–C) groups is 1. The minimum Gasteiger partial charge on any atom is -0.352 e. The van der Waals surface area contributed by atoms with Crippen LogP contribution >= 0.6 is 24.0 Å². The second-order valence-corrected chi connectivity index (χ2v) is 7.15. The summed E-state index contributed by atoms with van der Waals surface area (Å²) in [6.07, 6.45) is 1.50. The van der Waals surface area contributed by atoms with Crippen molar-refractivity contribution >= 4 is 35.8 Å². The number of guanidine groups is 1. The number of para-hydroxylation sites is 1. The van der Waals surface area contributed by atoms with E-state index in [1.807, 2.05) is 41.6 Å². The average molecular weight is 510 g/mol. The van der Waals surface area contributed by atoms with Crippen molar-refractivity contribution in [3.63, 3.8) is 0 Å². The molecule has 1 fully saturated rings. The molecule has 2 N–H and O–H groups in total. The Morgan fingerprint density at radius 3 is 2.66 bits per heavy atom. The van der Waals surface area contributed by atoms with Crippen LogP contribution in [0.1, 0.15) is 36.7 Å². The van der Waals surface area contributed by atoms with Crippen LogP contribution < -0.4 is 10.6 Å². The third-order valence-electron chi connectivity index (χ3n) is 5.28. The molecule has 29 heavy (non-hydrogen) atoms. The van der Waals surface area contributed by atoms with Crippen molar-refractivity contribution in [2.75, 3.05) is 20.1 Å².